The van der Waals surface area contributed by atoms with Gasteiger partial charge in [-0.05, 0) is 40.2 Å². The van der Waals surface area contributed by atoms with E-state index in [9.17, 15) is 24.3 Å². The highest BCUT2D eigenvalue weighted by molar-refractivity contribution is 6.10. The standard InChI is InChI=1S/C21H31N3O7/c1-13(17(27)28)23-18(29)21(5,19(30)31-20(2,3)4)24(16(26)15(22)12-25)11-14-9-7-6-8-10-14/h6-10,13,15,25H,11-12,22H2,1-5H3,(H,23,29)(H,27,28). The summed E-state index contributed by atoms with van der Waals surface area (Å²) in [6.45, 7) is 6.22. The number of nitrogens with two attached hydrogens (primary N) is 1. The normalized spacial score (nSPS) is 15.2. The molecular weight excluding hydrogens is 406 g/mol. The number of nitrogens with one attached hydrogen (secondary N) is 1. The third kappa shape index (κ3) is 6.76. The zero-order valence-electron chi connectivity index (χ0n) is 18.4. The SMILES string of the molecule is CC(NC(=O)C(C)(C(=O)OC(C)(C)C)N(Cc1ccccc1)C(=O)C(N)CO)C(=O)O. The van der Waals surface area contributed by atoms with E-state index in [4.69, 9.17) is 15.6 Å². The van der Waals surface area contributed by atoms with Gasteiger partial charge < -0.3 is 30.9 Å². The first kappa shape index (κ1) is 26.1. The second-order valence-electron chi connectivity index (χ2n) is 8.31. The van der Waals surface area contributed by atoms with Crippen molar-refractivity contribution in [3.05, 3.63) is 35.9 Å². The Morgan fingerprint density at radius 2 is 1.68 bits per heavy atom. The topological polar surface area (TPSA) is 159 Å². The molecule has 1 aromatic carbocycles. The van der Waals surface area contributed by atoms with Crippen LogP contribution in [0.2, 0.25) is 0 Å². The van der Waals surface area contributed by atoms with E-state index in [0.29, 0.717) is 5.56 Å². The lowest BCUT2D eigenvalue weighted by molar-refractivity contribution is -0.178. The summed E-state index contributed by atoms with van der Waals surface area (Å²) in [6, 6.07) is 5.78. The van der Waals surface area contributed by atoms with Gasteiger partial charge in [-0.1, -0.05) is 30.3 Å². The number of benzene rings is 1. The largest absolute Gasteiger partial charge is 0.480 e. The molecule has 1 aromatic rings. The van der Waals surface area contributed by atoms with Crippen molar-refractivity contribution in [3.8, 4) is 0 Å². The Labute approximate surface area is 181 Å². The van der Waals surface area contributed by atoms with Crippen LogP contribution in [-0.4, -0.2) is 68.7 Å². The minimum Gasteiger partial charge on any atom is -0.480 e. The van der Waals surface area contributed by atoms with Crippen LogP contribution in [0.5, 0.6) is 0 Å². The Hall–Kier alpha value is -2.98. The van der Waals surface area contributed by atoms with E-state index in [1.54, 1.807) is 51.1 Å². The number of aliphatic carboxylic acids is 1. The first-order chi connectivity index (χ1) is 14.2. The van der Waals surface area contributed by atoms with Crippen molar-refractivity contribution >= 4 is 23.8 Å². The molecule has 2 amide bonds. The maximum absolute atomic E-state index is 13.2. The average Bonchev–Trinajstić information content (AvgIpc) is 2.69. The van der Waals surface area contributed by atoms with E-state index in [0.717, 1.165) is 11.8 Å². The van der Waals surface area contributed by atoms with Gasteiger partial charge in [0, 0.05) is 6.54 Å². The number of ether oxygens (including phenoxy) is 1. The number of carbonyl (C=O) groups is 4. The van der Waals surface area contributed by atoms with Gasteiger partial charge in [-0.3, -0.25) is 14.4 Å². The van der Waals surface area contributed by atoms with Gasteiger partial charge in [0.1, 0.15) is 17.7 Å². The van der Waals surface area contributed by atoms with E-state index in [2.05, 4.69) is 5.32 Å². The number of hydrogen-bond donors (Lipinski definition) is 4. The Balaban J connectivity index is 3.57. The van der Waals surface area contributed by atoms with E-state index in [1.807, 2.05) is 0 Å². The highest BCUT2D eigenvalue weighted by Crippen LogP contribution is 2.25. The molecule has 10 nitrogen and oxygen atoms in total. The molecule has 10 heteroatoms. The van der Waals surface area contributed by atoms with E-state index in [1.165, 1.54) is 6.92 Å². The second-order valence-corrected chi connectivity index (χ2v) is 8.31. The minimum atomic E-state index is -2.27. The van der Waals surface area contributed by atoms with E-state index in [-0.39, 0.29) is 6.54 Å². The van der Waals surface area contributed by atoms with Crippen molar-refractivity contribution < 1.29 is 34.1 Å². The van der Waals surface area contributed by atoms with Gasteiger partial charge in [0.15, 0.2) is 0 Å². The van der Waals surface area contributed by atoms with E-state index >= 15 is 0 Å². The number of carbonyl (C=O) groups excluding carboxylic acids is 3. The van der Waals surface area contributed by atoms with Crippen LogP contribution >= 0.6 is 0 Å². The van der Waals surface area contributed by atoms with Crippen LogP contribution in [0.15, 0.2) is 30.3 Å². The number of carboxylic acid groups (broad SMARTS) is 1. The van der Waals surface area contributed by atoms with Crippen LogP contribution in [0.4, 0.5) is 0 Å². The van der Waals surface area contributed by atoms with Gasteiger partial charge in [0.25, 0.3) is 5.91 Å². The van der Waals surface area contributed by atoms with Gasteiger partial charge in [-0.2, -0.15) is 0 Å². The highest BCUT2D eigenvalue weighted by Gasteiger charge is 2.52. The van der Waals surface area contributed by atoms with Crippen LogP contribution in [0.1, 0.15) is 40.2 Å². The van der Waals surface area contributed by atoms with Crippen LogP contribution in [0.3, 0.4) is 0 Å². The number of carboxylic acids is 1. The molecule has 0 aliphatic heterocycles. The number of amides is 2. The highest BCUT2D eigenvalue weighted by atomic mass is 16.6. The minimum absolute atomic E-state index is 0.210. The van der Waals surface area contributed by atoms with Crippen LogP contribution < -0.4 is 11.1 Å². The van der Waals surface area contributed by atoms with Crippen LogP contribution in [0, 0.1) is 0 Å². The quantitative estimate of drug-likeness (QED) is 0.311. The number of aliphatic hydroxyl groups is 1. The third-order valence-electron chi connectivity index (χ3n) is 4.46. The molecule has 172 valence electrons. The van der Waals surface area contributed by atoms with Crippen molar-refractivity contribution in [1.29, 1.82) is 0 Å². The molecule has 0 bridgehead atoms. The van der Waals surface area contributed by atoms with Crippen LogP contribution in [0.25, 0.3) is 0 Å². The second kappa shape index (κ2) is 10.4. The molecule has 3 unspecified atom stereocenters. The smallest absolute Gasteiger partial charge is 0.342 e. The molecular formula is C21H31N3O7. The molecule has 0 spiro atoms. The number of esters is 1. The molecule has 0 saturated heterocycles. The van der Waals surface area contributed by atoms with Gasteiger partial charge in [0.05, 0.1) is 6.61 Å². The average molecular weight is 437 g/mol. The molecule has 3 atom stereocenters. The Kier molecular flexibility index (Phi) is 8.71. The number of rotatable bonds is 9. The summed E-state index contributed by atoms with van der Waals surface area (Å²) in [7, 11) is 0. The number of aliphatic hydroxyl groups excluding tert-OH is 1. The third-order valence-corrected chi connectivity index (χ3v) is 4.46. The van der Waals surface area contributed by atoms with Crippen molar-refractivity contribution in [1.82, 2.24) is 10.2 Å². The summed E-state index contributed by atoms with van der Waals surface area (Å²) in [4.78, 5) is 51.6. The monoisotopic (exact) mass is 437 g/mol. The molecule has 0 heterocycles. The lowest BCUT2D eigenvalue weighted by atomic mass is 9.95. The Bertz CT molecular complexity index is 807. The zero-order valence-corrected chi connectivity index (χ0v) is 18.4. The van der Waals surface area contributed by atoms with Crippen LogP contribution in [-0.2, 0) is 30.5 Å². The van der Waals surface area contributed by atoms with Crippen molar-refractivity contribution in [2.45, 2.75) is 64.4 Å². The molecule has 1 rings (SSSR count). The lowest BCUT2D eigenvalue weighted by Gasteiger charge is -2.40. The fourth-order valence-corrected chi connectivity index (χ4v) is 2.60. The molecule has 0 aliphatic carbocycles. The summed E-state index contributed by atoms with van der Waals surface area (Å²) in [5.41, 5.74) is 3.03. The summed E-state index contributed by atoms with van der Waals surface area (Å²) in [5, 5.41) is 20.8. The van der Waals surface area contributed by atoms with Crippen molar-refractivity contribution in [2.24, 2.45) is 5.73 Å². The molecule has 0 saturated carbocycles. The predicted octanol–water partition coefficient (Wildman–Crippen LogP) is 0.0245. The summed E-state index contributed by atoms with van der Waals surface area (Å²) >= 11 is 0. The van der Waals surface area contributed by atoms with Crippen molar-refractivity contribution in [3.63, 3.8) is 0 Å². The van der Waals surface area contributed by atoms with E-state index < -0.39 is 53.6 Å². The summed E-state index contributed by atoms with van der Waals surface area (Å²) < 4.78 is 5.40. The molecule has 0 radical (unpaired) electrons. The molecule has 0 fully saturated rings. The molecule has 31 heavy (non-hydrogen) atoms. The van der Waals surface area contributed by atoms with Gasteiger partial charge in [-0.15, -0.1) is 0 Å². The molecule has 5 N–H and O–H groups in total. The fraction of sp³-hybridized carbons (Fsp3) is 0.524. The summed E-state index contributed by atoms with van der Waals surface area (Å²) in [5.74, 6) is -4.32. The first-order valence-corrected chi connectivity index (χ1v) is 9.73. The lowest BCUT2D eigenvalue weighted by Crippen LogP contribution is -2.67. The maximum atomic E-state index is 13.2. The van der Waals surface area contributed by atoms with Crippen molar-refractivity contribution in [2.75, 3.05) is 6.61 Å². The fourth-order valence-electron chi connectivity index (χ4n) is 2.60. The zero-order chi connectivity index (χ0) is 24.0. The number of hydrogen-bond acceptors (Lipinski definition) is 7. The molecule has 0 aromatic heterocycles. The Morgan fingerprint density at radius 1 is 1.13 bits per heavy atom. The number of nitrogens with zero attached hydrogens (tertiary/aromatic N) is 1. The molecule has 0 aliphatic rings. The van der Waals surface area contributed by atoms with Gasteiger partial charge in [0.2, 0.25) is 11.4 Å². The van der Waals surface area contributed by atoms with Gasteiger partial charge in [-0.25, -0.2) is 4.79 Å². The predicted molar refractivity (Wildman–Crippen MR) is 112 cm³/mol. The summed E-state index contributed by atoms with van der Waals surface area (Å²) in [6.07, 6.45) is 0. The maximum Gasteiger partial charge on any atom is 0.342 e. The Morgan fingerprint density at radius 3 is 2.13 bits per heavy atom. The first-order valence-electron chi connectivity index (χ1n) is 9.73. The van der Waals surface area contributed by atoms with Gasteiger partial charge >= 0.3 is 11.9 Å².